The molecule has 5 heteroatoms. The van der Waals surface area contributed by atoms with Crippen molar-refractivity contribution in [3.8, 4) is 0 Å². The van der Waals surface area contributed by atoms with Gasteiger partial charge in [0.25, 0.3) is 0 Å². The molecule has 5 nitrogen and oxygen atoms in total. The zero-order valence-electron chi connectivity index (χ0n) is 11.7. The Morgan fingerprint density at radius 1 is 1.47 bits per heavy atom. The Bertz CT molecular complexity index is 421. The molecule has 0 N–H and O–H groups in total. The molecule has 1 aliphatic heterocycles. The number of nitrogens with zero attached hydrogens (tertiary/aromatic N) is 2. The lowest BCUT2D eigenvalue weighted by Crippen LogP contribution is -2.42. The van der Waals surface area contributed by atoms with Crippen molar-refractivity contribution < 1.29 is 14.0 Å². The average molecular weight is 266 g/mol. The van der Waals surface area contributed by atoms with Gasteiger partial charge in [-0.05, 0) is 26.7 Å². The Kier molecular flexibility index (Phi) is 3.86. The van der Waals surface area contributed by atoms with Crippen LogP contribution >= 0.6 is 0 Å². The summed E-state index contributed by atoms with van der Waals surface area (Å²) in [7, 11) is 0. The molecule has 0 unspecified atom stereocenters. The van der Waals surface area contributed by atoms with E-state index in [1.165, 1.54) is 0 Å². The maximum Gasteiger partial charge on any atom is 0.133 e. The summed E-state index contributed by atoms with van der Waals surface area (Å²) in [5.41, 5.74) is 0.998. The van der Waals surface area contributed by atoms with Crippen molar-refractivity contribution in [2.75, 3.05) is 19.8 Å². The number of hydrogen-bond acceptors (Lipinski definition) is 5. The molecule has 2 fully saturated rings. The fraction of sp³-hybridized carbons (Fsp3) is 0.786. The third-order valence-corrected chi connectivity index (χ3v) is 4.07. The molecule has 0 radical (unpaired) electrons. The Balaban J connectivity index is 1.73. The molecule has 19 heavy (non-hydrogen) atoms. The summed E-state index contributed by atoms with van der Waals surface area (Å²) in [4.78, 5) is 2.44. The van der Waals surface area contributed by atoms with Crippen LogP contribution in [0.4, 0.5) is 0 Å². The second-order valence-electron chi connectivity index (χ2n) is 5.37. The standard InChI is InChI=1S/C14H22N2O3/c1-3-17-14-12-4-5-13(14)18-7-6-16(12)9-11-8-10(2)19-15-11/h8,12-14H,3-7,9H2,1-2H3/t12-,13-,14-/m1/s1. The lowest BCUT2D eigenvalue weighted by atomic mass is 10.1. The van der Waals surface area contributed by atoms with Crippen molar-refractivity contribution >= 4 is 0 Å². The first-order valence-corrected chi connectivity index (χ1v) is 7.17. The van der Waals surface area contributed by atoms with Crippen LogP contribution in [0.3, 0.4) is 0 Å². The molecule has 2 aliphatic rings. The molecule has 1 aromatic heterocycles. The lowest BCUT2D eigenvalue weighted by molar-refractivity contribution is -0.0498. The predicted octanol–water partition coefficient (Wildman–Crippen LogP) is 1.75. The molecule has 3 rings (SSSR count). The van der Waals surface area contributed by atoms with E-state index in [-0.39, 0.29) is 12.2 Å². The molecule has 1 aromatic rings. The number of hydrogen-bond donors (Lipinski definition) is 0. The Morgan fingerprint density at radius 3 is 3.11 bits per heavy atom. The van der Waals surface area contributed by atoms with Crippen molar-refractivity contribution in [3.63, 3.8) is 0 Å². The van der Waals surface area contributed by atoms with Crippen LogP contribution in [0.15, 0.2) is 10.6 Å². The molecular formula is C14H22N2O3. The van der Waals surface area contributed by atoms with Crippen LogP contribution in [0, 0.1) is 6.92 Å². The van der Waals surface area contributed by atoms with Crippen LogP contribution in [-0.4, -0.2) is 48.1 Å². The fourth-order valence-electron chi connectivity index (χ4n) is 3.27. The Morgan fingerprint density at radius 2 is 2.37 bits per heavy atom. The van der Waals surface area contributed by atoms with Gasteiger partial charge in [0.05, 0.1) is 24.5 Å². The van der Waals surface area contributed by atoms with Gasteiger partial charge in [-0.25, -0.2) is 0 Å². The largest absolute Gasteiger partial charge is 0.374 e. The van der Waals surface area contributed by atoms with E-state index in [1.54, 1.807) is 0 Å². The highest BCUT2D eigenvalue weighted by Crippen LogP contribution is 2.32. The molecule has 1 aliphatic carbocycles. The van der Waals surface area contributed by atoms with Crippen LogP contribution in [0.5, 0.6) is 0 Å². The second-order valence-corrected chi connectivity index (χ2v) is 5.37. The quantitative estimate of drug-likeness (QED) is 0.831. The van der Waals surface area contributed by atoms with Gasteiger partial charge in [0.2, 0.25) is 0 Å². The van der Waals surface area contributed by atoms with Gasteiger partial charge in [-0.15, -0.1) is 0 Å². The van der Waals surface area contributed by atoms with Crippen molar-refractivity contribution in [1.82, 2.24) is 10.1 Å². The molecule has 3 atom stereocenters. The van der Waals surface area contributed by atoms with Gasteiger partial charge >= 0.3 is 0 Å². The highest BCUT2D eigenvalue weighted by Gasteiger charge is 2.42. The van der Waals surface area contributed by atoms with E-state index in [0.717, 1.165) is 50.6 Å². The maximum atomic E-state index is 5.92. The van der Waals surface area contributed by atoms with Crippen LogP contribution in [0.25, 0.3) is 0 Å². The minimum atomic E-state index is 0.209. The van der Waals surface area contributed by atoms with Gasteiger partial charge in [-0.3, -0.25) is 4.90 Å². The van der Waals surface area contributed by atoms with Crippen LogP contribution < -0.4 is 0 Å². The zero-order chi connectivity index (χ0) is 13.2. The summed E-state index contributed by atoms with van der Waals surface area (Å²) in [6.07, 6.45) is 2.73. The summed E-state index contributed by atoms with van der Waals surface area (Å²) in [5.74, 6) is 0.867. The minimum absolute atomic E-state index is 0.209. The Labute approximate surface area is 113 Å². The number of rotatable bonds is 4. The SMILES string of the molecule is CCO[C@@H]1[C@H]2CC[C@H]1OCCN2Cc1cc(C)on1. The predicted molar refractivity (Wildman–Crippen MR) is 69.8 cm³/mol. The summed E-state index contributed by atoms with van der Waals surface area (Å²) >= 11 is 0. The number of ether oxygens (including phenoxy) is 2. The molecule has 1 saturated heterocycles. The molecule has 2 heterocycles. The van der Waals surface area contributed by atoms with Crippen LogP contribution in [0.1, 0.15) is 31.2 Å². The molecule has 2 bridgehead atoms. The highest BCUT2D eigenvalue weighted by molar-refractivity contribution is 5.05. The molecule has 0 spiro atoms. The first-order chi connectivity index (χ1) is 9.28. The molecular weight excluding hydrogens is 244 g/mol. The maximum absolute atomic E-state index is 5.92. The van der Waals surface area contributed by atoms with E-state index in [2.05, 4.69) is 17.0 Å². The minimum Gasteiger partial charge on any atom is -0.374 e. The number of fused-ring (bicyclic) bond motifs is 2. The first-order valence-electron chi connectivity index (χ1n) is 7.17. The number of aromatic nitrogens is 1. The highest BCUT2D eigenvalue weighted by atomic mass is 16.5. The van der Waals surface area contributed by atoms with E-state index in [1.807, 2.05) is 13.0 Å². The third-order valence-electron chi connectivity index (χ3n) is 4.07. The molecule has 1 saturated carbocycles. The summed E-state index contributed by atoms with van der Waals surface area (Å²) < 4.78 is 17.0. The average Bonchev–Trinajstić information content (AvgIpc) is 2.90. The Hall–Kier alpha value is -0.910. The van der Waals surface area contributed by atoms with Gasteiger partial charge in [0, 0.05) is 31.8 Å². The molecule has 106 valence electrons. The van der Waals surface area contributed by atoms with E-state index >= 15 is 0 Å². The van der Waals surface area contributed by atoms with Gasteiger partial charge < -0.3 is 14.0 Å². The van der Waals surface area contributed by atoms with Gasteiger partial charge in [0.1, 0.15) is 5.76 Å². The van der Waals surface area contributed by atoms with Crippen molar-refractivity contribution in [2.45, 2.75) is 51.5 Å². The zero-order valence-corrected chi connectivity index (χ0v) is 11.7. The first kappa shape index (κ1) is 13.1. The van der Waals surface area contributed by atoms with E-state index < -0.39 is 0 Å². The lowest BCUT2D eigenvalue weighted by Gasteiger charge is -2.30. The molecule has 0 aromatic carbocycles. The van der Waals surface area contributed by atoms with Gasteiger partial charge in [0.15, 0.2) is 0 Å². The van der Waals surface area contributed by atoms with Crippen molar-refractivity contribution in [3.05, 3.63) is 17.5 Å². The van der Waals surface area contributed by atoms with Gasteiger partial charge in [-0.2, -0.15) is 0 Å². The topological polar surface area (TPSA) is 47.7 Å². The summed E-state index contributed by atoms with van der Waals surface area (Å²) in [6.45, 7) is 7.27. The molecule has 0 amide bonds. The normalized spacial score (nSPS) is 31.6. The smallest absolute Gasteiger partial charge is 0.133 e. The van der Waals surface area contributed by atoms with Crippen molar-refractivity contribution in [1.29, 1.82) is 0 Å². The van der Waals surface area contributed by atoms with Crippen LogP contribution in [-0.2, 0) is 16.0 Å². The van der Waals surface area contributed by atoms with Crippen LogP contribution in [0.2, 0.25) is 0 Å². The van der Waals surface area contributed by atoms with E-state index in [0.29, 0.717) is 6.04 Å². The number of aryl methyl sites for hydroxylation is 1. The third kappa shape index (κ3) is 2.68. The summed E-state index contributed by atoms with van der Waals surface area (Å²) in [6, 6.07) is 2.46. The van der Waals surface area contributed by atoms with Gasteiger partial charge in [-0.1, -0.05) is 5.16 Å². The fourth-order valence-corrected chi connectivity index (χ4v) is 3.27. The monoisotopic (exact) mass is 266 g/mol. The van der Waals surface area contributed by atoms with Crippen molar-refractivity contribution in [2.24, 2.45) is 0 Å². The second kappa shape index (κ2) is 5.61. The van der Waals surface area contributed by atoms with E-state index in [4.69, 9.17) is 14.0 Å². The van der Waals surface area contributed by atoms with E-state index in [9.17, 15) is 0 Å². The summed E-state index contributed by atoms with van der Waals surface area (Å²) in [5, 5.41) is 4.10.